The monoisotopic (exact) mass is 282 g/mol. The van der Waals surface area contributed by atoms with Crippen LogP contribution in [0.5, 0.6) is 0 Å². The van der Waals surface area contributed by atoms with Crippen molar-refractivity contribution in [3.05, 3.63) is 47.7 Å². The third kappa shape index (κ3) is 4.45. The molecule has 1 aliphatic carbocycles. The summed E-state index contributed by atoms with van der Waals surface area (Å²) in [6.07, 6.45) is 4.65. The van der Waals surface area contributed by atoms with Gasteiger partial charge in [-0.05, 0) is 38.2 Å². The van der Waals surface area contributed by atoms with Gasteiger partial charge in [0, 0.05) is 24.3 Å². The molecule has 0 atom stereocenters. The van der Waals surface area contributed by atoms with Gasteiger partial charge < -0.3 is 10.6 Å². The summed E-state index contributed by atoms with van der Waals surface area (Å²) in [6, 6.07) is 13.2. The molecule has 21 heavy (non-hydrogen) atoms. The van der Waals surface area contributed by atoms with Gasteiger partial charge in [-0.2, -0.15) is 4.98 Å². The quantitative estimate of drug-likeness (QED) is 0.764. The average molecular weight is 282 g/mol. The number of hydrogen-bond donors (Lipinski definition) is 2. The summed E-state index contributed by atoms with van der Waals surface area (Å²) in [6.45, 7) is 2.93. The van der Waals surface area contributed by atoms with Crippen LogP contribution < -0.4 is 10.6 Å². The first-order valence-electron chi connectivity index (χ1n) is 7.69. The van der Waals surface area contributed by atoms with E-state index in [0.29, 0.717) is 6.04 Å². The van der Waals surface area contributed by atoms with Crippen LogP contribution in [0.4, 0.5) is 11.8 Å². The second kappa shape index (κ2) is 6.57. The highest BCUT2D eigenvalue weighted by atomic mass is 15.2. The first kappa shape index (κ1) is 13.9. The van der Waals surface area contributed by atoms with Crippen LogP contribution in [0.2, 0.25) is 0 Å². The van der Waals surface area contributed by atoms with Gasteiger partial charge in [-0.15, -0.1) is 0 Å². The minimum atomic E-state index is 0.581. The summed E-state index contributed by atoms with van der Waals surface area (Å²) >= 11 is 0. The summed E-state index contributed by atoms with van der Waals surface area (Å²) < 4.78 is 0. The molecule has 2 aromatic rings. The van der Waals surface area contributed by atoms with Crippen LogP contribution in [0.25, 0.3) is 0 Å². The summed E-state index contributed by atoms with van der Waals surface area (Å²) in [4.78, 5) is 8.95. The van der Waals surface area contributed by atoms with Crippen LogP contribution in [-0.2, 0) is 6.42 Å². The van der Waals surface area contributed by atoms with E-state index in [0.717, 1.165) is 36.8 Å². The van der Waals surface area contributed by atoms with E-state index in [1.54, 1.807) is 0 Å². The molecule has 0 radical (unpaired) electrons. The lowest BCUT2D eigenvalue weighted by Crippen LogP contribution is -2.10. The Morgan fingerprint density at radius 2 is 1.95 bits per heavy atom. The van der Waals surface area contributed by atoms with E-state index in [9.17, 15) is 0 Å². The van der Waals surface area contributed by atoms with Crippen molar-refractivity contribution in [3.63, 3.8) is 0 Å². The molecule has 1 aromatic heterocycles. The summed E-state index contributed by atoms with van der Waals surface area (Å²) in [7, 11) is 0. The predicted octanol–water partition coefficient (Wildman–Crippen LogP) is 3.40. The number of rotatable bonds is 7. The lowest BCUT2D eigenvalue weighted by Gasteiger charge is -2.09. The Balaban J connectivity index is 1.49. The van der Waals surface area contributed by atoms with E-state index < -0.39 is 0 Å². The molecule has 1 aliphatic rings. The van der Waals surface area contributed by atoms with Gasteiger partial charge in [-0.25, -0.2) is 4.98 Å². The third-order valence-electron chi connectivity index (χ3n) is 3.56. The minimum absolute atomic E-state index is 0.581. The molecule has 110 valence electrons. The van der Waals surface area contributed by atoms with Crippen molar-refractivity contribution in [2.75, 3.05) is 17.2 Å². The molecule has 0 saturated heterocycles. The fraction of sp³-hybridized carbons (Fsp3) is 0.412. The molecule has 0 unspecified atom stereocenters. The molecule has 1 fully saturated rings. The highest BCUT2D eigenvalue weighted by Gasteiger charge is 2.22. The van der Waals surface area contributed by atoms with Crippen molar-refractivity contribution >= 4 is 11.8 Å². The Kier molecular flexibility index (Phi) is 4.34. The first-order chi connectivity index (χ1) is 10.3. The average Bonchev–Trinajstić information content (AvgIpc) is 3.28. The van der Waals surface area contributed by atoms with E-state index in [2.05, 4.69) is 50.9 Å². The normalized spacial score (nSPS) is 14.0. The van der Waals surface area contributed by atoms with Gasteiger partial charge in [0.2, 0.25) is 5.95 Å². The maximum Gasteiger partial charge on any atom is 0.225 e. The SMILES string of the molecule is Cc1cc(NCCCc2ccccc2)nc(NC2CC2)n1. The molecule has 0 spiro atoms. The molecular weight excluding hydrogens is 260 g/mol. The van der Waals surface area contributed by atoms with Gasteiger partial charge in [-0.1, -0.05) is 30.3 Å². The molecule has 2 N–H and O–H groups in total. The fourth-order valence-electron chi connectivity index (χ4n) is 2.29. The standard InChI is InChI=1S/C17H22N4/c1-13-12-16(21-17(19-13)20-15-9-10-15)18-11-5-8-14-6-3-2-4-7-14/h2-4,6-7,12,15H,5,8-11H2,1H3,(H2,18,19,20,21). The second-order valence-electron chi connectivity index (χ2n) is 5.65. The van der Waals surface area contributed by atoms with Crippen LogP contribution in [0.1, 0.15) is 30.5 Å². The van der Waals surface area contributed by atoms with Gasteiger partial charge in [0.05, 0.1) is 0 Å². The van der Waals surface area contributed by atoms with Crippen molar-refractivity contribution < 1.29 is 0 Å². The van der Waals surface area contributed by atoms with E-state index >= 15 is 0 Å². The highest BCUT2D eigenvalue weighted by Crippen LogP contribution is 2.23. The molecule has 1 saturated carbocycles. The number of anilines is 2. The first-order valence-corrected chi connectivity index (χ1v) is 7.69. The molecular formula is C17H22N4. The predicted molar refractivity (Wildman–Crippen MR) is 86.7 cm³/mol. The molecule has 4 heteroatoms. The van der Waals surface area contributed by atoms with Crippen molar-refractivity contribution in [1.82, 2.24) is 9.97 Å². The smallest absolute Gasteiger partial charge is 0.225 e. The number of aromatic nitrogens is 2. The summed E-state index contributed by atoms with van der Waals surface area (Å²) in [5.74, 6) is 1.67. The maximum atomic E-state index is 4.52. The zero-order valence-corrected chi connectivity index (χ0v) is 12.5. The Bertz CT molecular complexity index is 579. The third-order valence-corrected chi connectivity index (χ3v) is 3.56. The largest absolute Gasteiger partial charge is 0.370 e. The number of aryl methyl sites for hydroxylation is 2. The molecule has 1 aromatic carbocycles. The number of nitrogens with zero attached hydrogens (tertiary/aromatic N) is 2. The molecule has 0 bridgehead atoms. The minimum Gasteiger partial charge on any atom is -0.370 e. The van der Waals surface area contributed by atoms with Crippen molar-refractivity contribution in [3.8, 4) is 0 Å². The van der Waals surface area contributed by atoms with Crippen molar-refractivity contribution in [2.24, 2.45) is 0 Å². The Hall–Kier alpha value is -2.10. The number of benzene rings is 1. The maximum absolute atomic E-state index is 4.52. The van der Waals surface area contributed by atoms with Gasteiger partial charge in [0.1, 0.15) is 5.82 Å². The van der Waals surface area contributed by atoms with E-state index in [1.807, 2.05) is 13.0 Å². The highest BCUT2D eigenvalue weighted by molar-refractivity contribution is 5.43. The lowest BCUT2D eigenvalue weighted by molar-refractivity contribution is 0.857. The van der Waals surface area contributed by atoms with Gasteiger partial charge in [0.15, 0.2) is 0 Å². The molecule has 3 rings (SSSR count). The molecule has 0 aliphatic heterocycles. The van der Waals surface area contributed by atoms with Crippen LogP contribution in [0.3, 0.4) is 0 Å². The summed E-state index contributed by atoms with van der Waals surface area (Å²) in [5, 5.41) is 6.75. The van der Waals surface area contributed by atoms with Crippen LogP contribution in [-0.4, -0.2) is 22.6 Å². The lowest BCUT2D eigenvalue weighted by atomic mass is 10.1. The molecule has 4 nitrogen and oxygen atoms in total. The Morgan fingerprint density at radius 1 is 1.14 bits per heavy atom. The second-order valence-corrected chi connectivity index (χ2v) is 5.65. The van der Waals surface area contributed by atoms with Crippen LogP contribution >= 0.6 is 0 Å². The zero-order valence-electron chi connectivity index (χ0n) is 12.5. The topological polar surface area (TPSA) is 49.8 Å². The summed E-state index contributed by atoms with van der Waals surface area (Å²) in [5.41, 5.74) is 2.38. The van der Waals surface area contributed by atoms with Crippen LogP contribution in [0, 0.1) is 6.92 Å². The van der Waals surface area contributed by atoms with Gasteiger partial charge in [0.25, 0.3) is 0 Å². The number of nitrogens with one attached hydrogen (secondary N) is 2. The Morgan fingerprint density at radius 3 is 2.71 bits per heavy atom. The van der Waals surface area contributed by atoms with E-state index in [-0.39, 0.29) is 0 Å². The van der Waals surface area contributed by atoms with Crippen molar-refractivity contribution in [2.45, 2.75) is 38.6 Å². The van der Waals surface area contributed by atoms with Gasteiger partial charge in [-0.3, -0.25) is 0 Å². The van der Waals surface area contributed by atoms with E-state index in [1.165, 1.54) is 18.4 Å². The molecule has 0 amide bonds. The Labute approximate surface area is 126 Å². The zero-order chi connectivity index (χ0) is 14.5. The van der Waals surface area contributed by atoms with Crippen LogP contribution in [0.15, 0.2) is 36.4 Å². The number of hydrogen-bond acceptors (Lipinski definition) is 4. The molecule has 1 heterocycles. The van der Waals surface area contributed by atoms with Gasteiger partial charge >= 0.3 is 0 Å². The van der Waals surface area contributed by atoms with Crippen molar-refractivity contribution in [1.29, 1.82) is 0 Å². The fourth-order valence-corrected chi connectivity index (χ4v) is 2.29. The van der Waals surface area contributed by atoms with E-state index in [4.69, 9.17) is 0 Å².